The van der Waals surface area contributed by atoms with Crippen molar-refractivity contribution in [3.05, 3.63) is 24.0 Å². The number of allylic oxidation sites excluding steroid dienone is 1. The van der Waals surface area contributed by atoms with E-state index in [1.807, 2.05) is 0 Å². The van der Waals surface area contributed by atoms with Crippen LogP contribution < -0.4 is 0 Å². The smallest absolute Gasteiger partial charge is 0.0894 e. The molecule has 0 aromatic rings. The maximum Gasteiger partial charge on any atom is 0.0894 e. The molecule has 12 heavy (non-hydrogen) atoms. The molecule has 0 N–H and O–H groups in total. The predicted molar refractivity (Wildman–Crippen MR) is 50.4 cm³/mol. The Morgan fingerprint density at radius 1 is 1.42 bits per heavy atom. The monoisotopic (exact) mass is 164 g/mol. The molecule has 1 saturated carbocycles. The van der Waals surface area contributed by atoms with E-state index in [1.165, 1.54) is 19.3 Å². The van der Waals surface area contributed by atoms with Crippen molar-refractivity contribution in [2.45, 2.75) is 19.3 Å². The average Bonchev–Trinajstić information content (AvgIpc) is 2.32. The second-order valence-electron chi connectivity index (χ2n) is 3.68. The zero-order valence-electron chi connectivity index (χ0n) is 7.66. The summed E-state index contributed by atoms with van der Waals surface area (Å²) in [6, 6.07) is 0. The Labute approximate surface area is 74.2 Å². The largest absolute Gasteiger partial charge is 0.362 e. The van der Waals surface area contributed by atoms with Crippen molar-refractivity contribution in [1.29, 1.82) is 0 Å². The predicted octanol–water partition coefficient (Wildman–Crippen LogP) is 1.77. The van der Waals surface area contributed by atoms with Crippen LogP contribution in [0.15, 0.2) is 24.0 Å². The third-order valence-electron chi connectivity index (χ3n) is 2.55. The molecule has 66 valence electrons. The first-order valence-electron chi connectivity index (χ1n) is 4.65. The van der Waals surface area contributed by atoms with Gasteiger partial charge in [0.1, 0.15) is 0 Å². The van der Waals surface area contributed by atoms with Crippen molar-refractivity contribution in [1.82, 2.24) is 9.80 Å². The minimum absolute atomic E-state index is 1.05. The molecule has 0 aromatic carbocycles. The number of hydrogen-bond donors (Lipinski definition) is 0. The summed E-state index contributed by atoms with van der Waals surface area (Å²) >= 11 is 0. The summed E-state index contributed by atoms with van der Waals surface area (Å²) in [5.41, 5.74) is 1.65. The summed E-state index contributed by atoms with van der Waals surface area (Å²) in [7, 11) is 2.10. The highest BCUT2D eigenvalue weighted by Crippen LogP contribution is 2.24. The van der Waals surface area contributed by atoms with Crippen LogP contribution in [0.1, 0.15) is 19.3 Å². The van der Waals surface area contributed by atoms with Gasteiger partial charge in [0.05, 0.1) is 6.67 Å². The van der Waals surface area contributed by atoms with Gasteiger partial charge in [0.15, 0.2) is 0 Å². The Morgan fingerprint density at radius 3 is 2.75 bits per heavy atom. The SMILES string of the molecule is CN1C=CN(CC=C2CCC2)C1. The minimum atomic E-state index is 1.05. The second-order valence-corrected chi connectivity index (χ2v) is 3.68. The van der Waals surface area contributed by atoms with Crippen LogP contribution in [0.5, 0.6) is 0 Å². The van der Waals surface area contributed by atoms with E-state index in [2.05, 4.69) is 35.3 Å². The zero-order chi connectivity index (χ0) is 8.39. The third kappa shape index (κ3) is 1.63. The van der Waals surface area contributed by atoms with Gasteiger partial charge in [-0.25, -0.2) is 0 Å². The second kappa shape index (κ2) is 3.21. The maximum absolute atomic E-state index is 2.38. The van der Waals surface area contributed by atoms with Crippen molar-refractivity contribution in [2.75, 3.05) is 20.3 Å². The van der Waals surface area contributed by atoms with Crippen molar-refractivity contribution >= 4 is 0 Å². The summed E-state index contributed by atoms with van der Waals surface area (Å²) in [6.07, 6.45) is 10.8. The fourth-order valence-corrected chi connectivity index (χ4v) is 1.54. The highest BCUT2D eigenvalue weighted by molar-refractivity contribution is 5.10. The lowest BCUT2D eigenvalue weighted by Gasteiger charge is -2.20. The molecule has 0 saturated heterocycles. The standard InChI is InChI=1S/C10H16N2/c1-11-7-8-12(9-11)6-5-10-3-2-4-10/h5,7-8H,2-4,6,9H2,1H3. The summed E-state index contributed by atoms with van der Waals surface area (Å²) in [5, 5.41) is 0. The van der Waals surface area contributed by atoms with Crippen molar-refractivity contribution in [3.63, 3.8) is 0 Å². The van der Waals surface area contributed by atoms with Gasteiger partial charge in [0, 0.05) is 26.0 Å². The van der Waals surface area contributed by atoms with Gasteiger partial charge in [0.2, 0.25) is 0 Å². The molecule has 0 bridgehead atoms. The first-order chi connectivity index (χ1) is 5.84. The van der Waals surface area contributed by atoms with Gasteiger partial charge in [-0.2, -0.15) is 0 Å². The molecular weight excluding hydrogens is 148 g/mol. The normalized spacial score (nSPS) is 21.6. The van der Waals surface area contributed by atoms with Crippen molar-refractivity contribution in [2.24, 2.45) is 0 Å². The number of hydrogen-bond acceptors (Lipinski definition) is 2. The molecule has 0 spiro atoms. The maximum atomic E-state index is 2.38. The van der Waals surface area contributed by atoms with Gasteiger partial charge in [0.25, 0.3) is 0 Å². The molecule has 0 atom stereocenters. The van der Waals surface area contributed by atoms with Gasteiger partial charge in [-0.3, -0.25) is 0 Å². The lowest BCUT2D eigenvalue weighted by Crippen LogP contribution is -2.22. The molecule has 2 heteroatoms. The highest BCUT2D eigenvalue weighted by atomic mass is 15.3. The van der Waals surface area contributed by atoms with E-state index in [-0.39, 0.29) is 0 Å². The molecule has 2 rings (SSSR count). The number of rotatable bonds is 2. The summed E-state index contributed by atoms with van der Waals surface area (Å²) < 4.78 is 0. The van der Waals surface area contributed by atoms with Gasteiger partial charge >= 0.3 is 0 Å². The fraction of sp³-hybridized carbons (Fsp3) is 0.600. The van der Waals surface area contributed by atoms with Crippen molar-refractivity contribution < 1.29 is 0 Å². The van der Waals surface area contributed by atoms with E-state index in [0.29, 0.717) is 0 Å². The van der Waals surface area contributed by atoms with E-state index in [1.54, 1.807) is 5.57 Å². The zero-order valence-corrected chi connectivity index (χ0v) is 7.66. The van der Waals surface area contributed by atoms with Crippen LogP contribution in [0.4, 0.5) is 0 Å². The molecule has 2 nitrogen and oxygen atoms in total. The summed E-state index contributed by atoms with van der Waals surface area (Å²) in [5.74, 6) is 0. The lowest BCUT2D eigenvalue weighted by molar-refractivity contribution is 0.317. The molecule has 1 aliphatic carbocycles. The van der Waals surface area contributed by atoms with E-state index in [4.69, 9.17) is 0 Å². The van der Waals surface area contributed by atoms with Gasteiger partial charge in [-0.05, 0) is 19.3 Å². The number of nitrogens with zero attached hydrogens (tertiary/aromatic N) is 2. The van der Waals surface area contributed by atoms with Crippen LogP contribution in [0.25, 0.3) is 0 Å². The van der Waals surface area contributed by atoms with Crippen LogP contribution in [0, 0.1) is 0 Å². The van der Waals surface area contributed by atoms with E-state index in [0.717, 1.165) is 13.2 Å². The molecule has 2 aliphatic rings. The average molecular weight is 164 g/mol. The molecule has 0 amide bonds. The Bertz CT molecular complexity index is 212. The van der Waals surface area contributed by atoms with E-state index in [9.17, 15) is 0 Å². The highest BCUT2D eigenvalue weighted by Gasteiger charge is 2.10. The van der Waals surface area contributed by atoms with Gasteiger partial charge in [-0.1, -0.05) is 11.6 Å². The first kappa shape index (κ1) is 7.71. The van der Waals surface area contributed by atoms with E-state index >= 15 is 0 Å². The molecule has 0 aromatic heterocycles. The van der Waals surface area contributed by atoms with Crippen LogP contribution >= 0.6 is 0 Å². The van der Waals surface area contributed by atoms with Gasteiger partial charge in [-0.15, -0.1) is 0 Å². The molecule has 1 fully saturated rings. The third-order valence-corrected chi connectivity index (χ3v) is 2.55. The first-order valence-corrected chi connectivity index (χ1v) is 4.65. The fourth-order valence-electron chi connectivity index (χ4n) is 1.54. The molecule has 0 radical (unpaired) electrons. The lowest BCUT2D eigenvalue weighted by atomic mass is 9.92. The quantitative estimate of drug-likeness (QED) is 0.574. The Kier molecular flexibility index (Phi) is 2.07. The minimum Gasteiger partial charge on any atom is -0.362 e. The van der Waals surface area contributed by atoms with Crippen LogP contribution in [-0.2, 0) is 0 Å². The van der Waals surface area contributed by atoms with Crippen LogP contribution in [0.3, 0.4) is 0 Å². The van der Waals surface area contributed by atoms with Crippen LogP contribution in [0.2, 0.25) is 0 Å². The van der Waals surface area contributed by atoms with Crippen molar-refractivity contribution in [3.8, 4) is 0 Å². The Balaban J connectivity index is 1.77. The topological polar surface area (TPSA) is 6.48 Å². The van der Waals surface area contributed by atoms with E-state index < -0.39 is 0 Å². The van der Waals surface area contributed by atoms with Crippen LogP contribution in [-0.4, -0.2) is 30.1 Å². The molecule has 1 heterocycles. The molecule has 1 aliphatic heterocycles. The Hall–Kier alpha value is -0.920. The summed E-state index contributed by atoms with van der Waals surface area (Å²) in [4.78, 5) is 4.52. The summed E-state index contributed by atoms with van der Waals surface area (Å²) in [6.45, 7) is 2.14. The molecular formula is C10H16N2. The molecule has 0 unspecified atom stereocenters. The Morgan fingerprint density at radius 2 is 2.25 bits per heavy atom. The van der Waals surface area contributed by atoms with Gasteiger partial charge < -0.3 is 9.80 Å².